The Balaban J connectivity index is 1.52. The molecule has 158 valence electrons. The molecule has 0 unspecified atom stereocenters. The van der Waals surface area contributed by atoms with Crippen molar-refractivity contribution in [1.82, 2.24) is 9.38 Å². The molecule has 0 atom stereocenters. The topological polar surface area (TPSA) is 83.8 Å². The van der Waals surface area contributed by atoms with Crippen molar-refractivity contribution < 1.29 is 13.2 Å². The molecular formula is C23H22N4O3S. The molecule has 4 aromatic rings. The molecule has 0 bridgehead atoms. The van der Waals surface area contributed by atoms with Gasteiger partial charge in [0.05, 0.1) is 16.3 Å². The van der Waals surface area contributed by atoms with Gasteiger partial charge in [-0.25, -0.2) is 13.4 Å². The summed E-state index contributed by atoms with van der Waals surface area (Å²) in [5.41, 5.74) is 4.28. The number of hydrogen-bond donors (Lipinski definition) is 1. The number of anilines is 2. The number of nitrogens with zero attached hydrogens (tertiary/aromatic N) is 3. The maximum atomic E-state index is 12.9. The molecule has 0 spiro atoms. The Bertz CT molecular complexity index is 1360. The first kappa shape index (κ1) is 20.6. The molecule has 0 saturated carbocycles. The first-order chi connectivity index (χ1) is 14.8. The van der Waals surface area contributed by atoms with E-state index in [-0.39, 0.29) is 10.8 Å². The van der Waals surface area contributed by atoms with E-state index in [4.69, 9.17) is 0 Å². The lowest BCUT2D eigenvalue weighted by Gasteiger charge is -2.20. The smallest absolute Gasteiger partial charge is 0.264 e. The molecule has 0 aliphatic carbocycles. The third-order valence-electron chi connectivity index (χ3n) is 5.12. The summed E-state index contributed by atoms with van der Waals surface area (Å²) in [5, 5.41) is 2.86. The minimum absolute atomic E-state index is 0.215. The predicted molar refractivity (Wildman–Crippen MR) is 121 cm³/mol. The zero-order valence-electron chi connectivity index (χ0n) is 17.4. The van der Waals surface area contributed by atoms with Crippen LogP contribution in [0.2, 0.25) is 0 Å². The van der Waals surface area contributed by atoms with Crippen molar-refractivity contribution in [1.29, 1.82) is 0 Å². The van der Waals surface area contributed by atoms with Gasteiger partial charge in [0.1, 0.15) is 5.65 Å². The number of carbonyl (C=O) groups excluding carboxylic acids is 1. The van der Waals surface area contributed by atoms with Crippen LogP contribution in [0.5, 0.6) is 0 Å². The Kier molecular flexibility index (Phi) is 5.24. The molecule has 8 heteroatoms. The monoisotopic (exact) mass is 434 g/mol. The summed E-state index contributed by atoms with van der Waals surface area (Å²) in [4.78, 5) is 17.1. The minimum Gasteiger partial charge on any atom is -0.321 e. The molecule has 1 N–H and O–H groups in total. The molecule has 0 saturated heterocycles. The number of pyridine rings is 1. The molecule has 2 aromatic carbocycles. The van der Waals surface area contributed by atoms with Gasteiger partial charge in [-0.3, -0.25) is 9.10 Å². The van der Waals surface area contributed by atoms with Crippen molar-refractivity contribution in [3.8, 4) is 0 Å². The summed E-state index contributed by atoms with van der Waals surface area (Å²) >= 11 is 0. The highest BCUT2D eigenvalue weighted by atomic mass is 32.2. The second-order valence-electron chi connectivity index (χ2n) is 7.33. The molecule has 31 heavy (non-hydrogen) atoms. The highest BCUT2D eigenvalue weighted by Gasteiger charge is 2.21. The molecule has 0 radical (unpaired) electrons. The number of nitrogens with one attached hydrogen (secondary N) is 1. The SMILES string of the molecule is Cc1ccc(S(=O)(=O)N(C)c2ccc(C(=O)Nc3ccc4ncc(C)n4c3)cc2)cc1. The van der Waals surface area contributed by atoms with E-state index >= 15 is 0 Å². The standard InChI is InChI=1S/C23H22N4O3S/c1-16-4-11-21(12-5-16)31(29,30)26(3)20-9-6-18(7-10-20)23(28)25-19-8-13-22-24-14-17(2)27(22)15-19/h4-15H,1-3H3,(H,25,28). The lowest BCUT2D eigenvalue weighted by atomic mass is 10.2. The number of fused-ring (bicyclic) bond motifs is 1. The van der Waals surface area contributed by atoms with Crippen molar-refractivity contribution in [2.45, 2.75) is 18.7 Å². The summed E-state index contributed by atoms with van der Waals surface area (Å²) in [5.74, 6) is -0.285. The Hall–Kier alpha value is -3.65. The average molecular weight is 435 g/mol. The number of rotatable bonds is 5. The van der Waals surface area contributed by atoms with E-state index < -0.39 is 10.0 Å². The van der Waals surface area contributed by atoms with Crippen LogP contribution in [0.1, 0.15) is 21.6 Å². The van der Waals surface area contributed by atoms with Gasteiger partial charge in [0.25, 0.3) is 15.9 Å². The van der Waals surface area contributed by atoms with Crippen molar-refractivity contribution in [3.05, 3.63) is 89.9 Å². The van der Waals surface area contributed by atoms with Crippen LogP contribution in [-0.2, 0) is 10.0 Å². The Morgan fingerprint density at radius 1 is 0.968 bits per heavy atom. The Labute approximate surface area is 181 Å². The summed E-state index contributed by atoms with van der Waals surface area (Å²) in [6.45, 7) is 3.84. The van der Waals surface area contributed by atoms with Crippen molar-refractivity contribution in [2.75, 3.05) is 16.7 Å². The van der Waals surface area contributed by atoms with Crippen LogP contribution in [0.4, 0.5) is 11.4 Å². The van der Waals surface area contributed by atoms with Gasteiger partial charge < -0.3 is 9.72 Å². The van der Waals surface area contributed by atoms with Gasteiger partial charge in [0.2, 0.25) is 0 Å². The molecule has 0 aliphatic heterocycles. The van der Waals surface area contributed by atoms with Gasteiger partial charge in [-0.1, -0.05) is 17.7 Å². The largest absolute Gasteiger partial charge is 0.321 e. The molecule has 7 nitrogen and oxygen atoms in total. The molecular weight excluding hydrogens is 412 g/mol. The second kappa shape index (κ2) is 7.88. The first-order valence-electron chi connectivity index (χ1n) is 9.66. The van der Waals surface area contributed by atoms with Crippen LogP contribution in [-0.4, -0.2) is 30.8 Å². The van der Waals surface area contributed by atoms with Crippen LogP contribution in [0, 0.1) is 13.8 Å². The normalized spacial score (nSPS) is 11.5. The van der Waals surface area contributed by atoms with Crippen LogP contribution in [0.25, 0.3) is 5.65 Å². The highest BCUT2D eigenvalue weighted by molar-refractivity contribution is 7.92. The maximum Gasteiger partial charge on any atom is 0.264 e. The summed E-state index contributed by atoms with van der Waals surface area (Å²) in [7, 11) is -2.19. The van der Waals surface area contributed by atoms with E-state index in [1.54, 1.807) is 60.8 Å². The van der Waals surface area contributed by atoms with Gasteiger partial charge in [-0.2, -0.15) is 0 Å². The van der Waals surface area contributed by atoms with Gasteiger partial charge in [0, 0.05) is 30.7 Å². The molecule has 0 aliphatic rings. The van der Waals surface area contributed by atoms with E-state index in [1.807, 2.05) is 30.5 Å². The second-order valence-corrected chi connectivity index (χ2v) is 9.30. The number of hydrogen-bond acceptors (Lipinski definition) is 4. The van der Waals surface area contributed by atoms with E-state index in [1.165, 1.54) is 11.4 Å². The van der Waals surface area contributed by atoms with Gasteiger partial charge in [-0.05, 0) is 62.4 Å². The van der Waals surface area contributed by atoms with Gasteiger partial charge in [0.15, 0.2) is 0 Å². The maximum absolute atomic E-state index is 12.9. The summed E-state index contributed by atoms with van der Waals surface area (Å²) in [6, 6.07) is 16.7. The van der Waals surface area contributed by atoms with Crippen LogP contribution in [0.3, 0.4) is 0 Å². The third kappa shape index (κ3) is 4.02. The predicted octanol–water partition coefficient (Wildman–Crippen LogP) is 4.03. The highest BCUT2D eigenvalue weighted by Crippen LogP contribution is 2.23. The fourth-order valence-corrected chi connectivity index (χ4v) is 4.40. The van der Waals surface area contributed by atoms with Crippen molar-refractivity contribution >= 4 is 33.0 Å². The van der Waals surface area contributed by atoms with Crippen molar-refractivity contribution in [3.63, 3.8) is 0 Å². The quantitative estimate of drug-likeness (QED) is 0.514. The molecule has 1 amide bonds. The number of amides is 1. The number of sulfonamides is 1. The number of aryl methyl sites for hydroxylation is 2. The van der Waals surface area contributed by atoms with E-state index in [0.717, 1.165) is 16.9 Å². The lowest BCUT2D eigenvalue weighted by Crippen LogP contribution is -2.26. The fraction of sp³-hybridized carbons (Fsp3) is 0.130. The minimum atomic E-state index is -3.69. The molecule has 2 aromatic heterocycles. The number of carbonyl (C=O) groups is 1. The van der Waals surface area contributed by atoms with Crippen LogP contribution < -0.4 is 9.62 Å². The lowest BCUT2D eigenvalue weighted by molar-refractivity contribution is 0.102. The van der Waals surface area contributed by atoms with Crippen LogP contribution >= 0.6 is 0 Å². The molecule has 0 fully saturated rings. The number of aromatic nitrogens is 2. The Morgan fingerprint density at radius 2 is 1.65 bits per heavy atom. The van der Waals surface area contributed by atoms with E-state index in [0.29, 0.717) is 16.9 Å². The molecule has 2 heterocycles. The molecule has 4 rings (SSSR count). The zero-order valence-corrected chi connectivity index (χ0v) is 18.2. The van der Waals surface area contributed by atoms with Gasteiger partial charge >= 0.3 is 0 Å². The Morgan fingerprint density at radius 3 is 2.32 bits per heavy atom. The summed E-state index contributed by atoms with van der Waals surface area (Å²) in [6.07, 6.45) is 3.58. The average Bonchev–Trinajstić information content (AvgIpc) is 3.14. The van der Waals surface area contributed by atoms with E-state index in [2.05, 4.69) is 10.3 Å². The fourth-order valence-electron chi connectivity index (χ4n) is 3.21. The number of imidazole rings is 1. The van der Waals surface area contributed by atoms with Crippen molar-refractivity contribution in [2.24, 2.45) is 0 Å². The third-order valence-corrected chi connectivity index (χ3v) is 6.92. The first-order valence-corrected chi connectivity index (χ1v) is 11.1. The number of benzene rings is 2. The summed E-state index contributed by atoms with van der Waals surface area (Å²) < 4.78 is 28.8. The van der Waals surface area contributed by atoms with Crippen LogP contribution in [0.15, 0.2) is 78.0 Å². The van der Waals surface area contributed by atoms with E-state index in [9.17, 15) is 13.2 Å². The van der Waals surface area contributed by atoms with Gasteiger partial charge in [-0.15, -0.1) is 0 Å². The zero-order chi connectivity index (χ0) is 22.2.